The maximum Gasteiger partial charge on any atom is 0.312 e. The van der Waals surface area contributed by atoms with Gasteiger partial charge in [0.2, 0.25) is 5.82 Å². The summed E-state index contributed by atoms with van der Waals surface area (Å²) >= 11 is 0. The second-order valence-electron chi connectivity index (χ2n) is 22.0. The van der Waals surface area contributed by atoms with Crippen molar-refractivity contribution >= 4 is 44.2 Å². The lowest BCUT2D eigenvalue weighted by Gasteiger charge is -2.58. The van der Waals surface area contributed by atoms with Gasteiger partial charge in [-0.3, -0.25) is 29.7 Å². The quantitative estimate of drug-likeness (QED) is 0.0524. The van der Waals surface area contributed by atoms with Crippen LogP contribution in [0.2, 0.25) is 0 Å². The van der Waals surface area contributed by atoms with Crippen LogP contribution < -0.4 is 24.4 Å². The maximum absolute atomic E-state index is 14.9. The maximum atomic E-state index is 14.9. The number of ether oxygens (including phenoxy) is 2. The van der Waals surface area contributed by atoms with E-state index in [1.807, 2.05) is 13.1 Å². The second-order valence-corrected chi connectivity index (χ2v) is 23.7. The molecule has 4 fully saturated rings. The van der Waals surface area contributed by atoms with E-state index in [-0.39, 0.29) is 57.2 Å². The molecule has 2 aliphatic heterocycles. The van der Waals surface area contributed by atoms with Crippen molar-refractivity contribution in [3.8, 4) is 17.4 Å². The van der Waals surface area contributed by atoms with Crippen LogP contribution in [0.4, 0.5) is 21.6 Å². The number of hydrogen-bond acceptors (Lipinski definition) is 15. The monoisotopic (exact) mass is 1060 g/mol. The highest BCUT2D eigenvalue weighted by Gasteiger charge is 2.50. The first-order valence-corrected chi connectivity index (χ1v) is 27.8. The van der Waals surface area contributed by atoms with Gasteiger partial charge in [-0.15, -0.1) is 0 Å². The Balaban J connectivity index is 0.859. The predicted molar refractivity (Wildman–Crippen MR) is 287 cm³/mol. The number of piperazine rings is 1. The Kier molecular flexibility index (Phi) is 14.8. The van der Waals surface area contributed by atoms with E-state index in [1.54, 1.807) is 19.1 Å². The third-order valence-electron chi connectivity index (χ3n) is 16.3. The second kappa shape index (κ2) is 21.4. The molecule has 2 saturated heterocycles. The lowest BCUT2D eigenvalue weighted by Crippen LogP contribution is -2.60. The molecule has 0 radical (unpaired) electrons. The lowest BCUT2D eigenvalue weighted by atomic mass is 9.59. The van der Waals surface area contributed by atoms with Gasteiger partial charge in [-0.2, -0.15) is 4.98 Å². The highest BCUT2D eigenvalue weighted by Crippen LogP contribution is 2.53. The number of sulfonamides is 1. The van der Waals surface area contributed by atoms with Gasteiger partial charge in [-0.05, 0) is 123 Å². The lowest BCUT2D eigenvalue weighted by molar-refractivity contribution is -0.384. The molecule has 1 atom stereocenters. The third kappa shape index (κ3) is 11.2. The summed E-state index contributed by atoms with van der Waals surface area (Å²) in [5.74, 6) is -1.34. The zero-order valence-electron chi connectivity index (χ0n) is 43.7. The summed E-state index contributed by atoms with van der Waals surface area (Å²) in [6, 6.07) is 21.1. The molecular weight excluding hydrogens is 992 g/mol. The topological polar surface area (TPSA) is 221 Å². The van der Waals surface area contributed by atoms with E-state index in [0.29, 0.717) is 44.2 Å². The first kappa shape index (κ1) is 52.7. The minimum absolute atomic E-state index is 0.0131. The van der Waals surface area contributed by atoms with Gasteiger partial charge in [-0.1, -0.05) is 38.1 Å². The number of aromatic nitrogens is 4. The van der Waals surface area contributed by atoms with Crippen LogP contribution in [0.1, 0.15) is 117 Å². The number of methoxy groups -OCH3 is 1. The van der Waals surface area contributed by atoms with Crippen LogP contribution in [0, 0.1) is 34.2 Å². The third-order valence-corrected chi connectivity index (χ3v) is 17.6. The molecule has 18 nitrogen and oxygen atoms in total. The van der Waals surface area contributed by atoms with Gasteiger partial charge in [-0.25, -0.2) is 22.5 Å². The van der Waals surface area contributed by atoms with Crippen molar-refractivity contribution in [3.05, 3.63) is 129 Å². The average Bonchev–Trinajstić information content (AvgIpc) is 3.76. The van der Waals surface area contributed by atoms with Crippen LogP contribution in [0.3, 0.4) is 0 Å². The summed E-state index contributed by atoms with van der Waals surface area (Å²) in [5, 5.41) is 25.7. The van der Waals surface area contributed by atoms with Crippen LogP contribution in [-0.2, 0) is 16.6 Å². The van der Waals surface area contributed by atoms with Crippen molar-refractivity contribution in [3.63, 3.8) is 0 Å². The SMILES string of the molecule is COc1nc2[nH]cc(F)c2cc1Oc1cc(N2CCC3(CC2)CC(N2CCN(Cc4ccnc(C)c4)C[C@H]2c2ccccc2C(C)C)C3)ccc1C(=O)NS(=O)(=O)c1cnc(NCC2CCC(C)(O)CC2)c([N+](=O)[O-])c1. The number of fused-ring (bicyclic) bond motifs is 1. The molecule has 4 N–H and O–H groups in total. The van der Waals surface area contributed by atoms with E-state index in [9.17, 15) is 32.8 Å². The van der Waals surface area contributed by atoms with E-state index >= 15 is 0 Å². The van der Waals surface area contributed by atoms with E-state index in [2.05, 4.69) is 94.9 Å². The molecule has 6 aromatic rings. The van der Waals surface area contributed by atoms with Crippen molar-refractivity contribution in [1.29, 1.82) is 0 Å². The number of nitrogens with one attached hydrogen (secondary N) is 3. The summed E-state index contributed by atoms with van der Waals surface area (Å²) in [4.78, 5) is 48.4. The number of halogens is 1. The summed E-state index contributed by atoms with van der Waals surface area (Å²) in [6.07, 6.45) is 10.7. The Labute approximate surface area is 442 Å². The van der Waals surface area contributed by atoms with Crippen LogP contribution in [0.15, 0.2) is 90.2 Å². The molecule has 20 heteroatoms. The number of aryl methyl sites for hydroxylation is 1. The fourth-order valence-electron chi connectivity index (χ4n) is 12.0. The summed E-state index contributed by atoms with van der Waals surface area (Å²) in [6.45, 7) is 14.0. The first-order valence-electron chi connectivity index (χ1n) is 26.3. The molecule has 2 saturated carbocycles. The number of amides is 1. The van der Waals surface area contributed by atoms with Crippen molar-refractivity contribution in [2.75, 3.05) is 56.6 Å². The zero-order chi connectivity index (χ0) is 53.5. The van der Waals surface area contributed by atoms with E-state index in [4.69, 9.17) is 9.47 Å². The van der Waals surface area contributed by atoms with Gasteiger partial charge in [0, 0.05) is 99.9 Å². The van der Waals surface area contributed by atoms with Crippen LogP contribution in [0.5, 0.6) is 17.4 Å². The van der Waals surface area contributed by atoms with Crippen LogP contribution >= 0.6 is 0 Å². The molecular formula is C56H67FN10O8S. The Bertz CT molecular complexity index is 3240. The number of anilines is 2. The molecule has 0 unspecified atom stereocenters. The number of pyridine rings is 3. The number of carbonyl (C=O) groups excluding carboxylic acids is 1. The smallest absolute Gasteiger partial charge is 0.312 e. The van der Waals surface area contributed by atoms with Gasteiger partial charge in [0.25, 0.3) is 21.8 Å². The highest BCUT2D eigenvalue weighted by atomic mass is 32.2. The number of carbonyl (C=O) groups is 1. The molecule has 4 aliphatic rings. The Morgan fingerprint density at radius 2 is 1.76 bits per heavy atom. The number of H-pyrrole nitrogens is 1. The number of rotatable bonds is 16. The van der Waals surface area contributed by atoms with Crippen molar-refractivity contribution < 1.29 is 37.1 Å². The number of hydrogen-bond donors (Lipinski definition) is 4. The number of aromatic amines is 1. The zero-order valence-corrected chi connectivity index (χ0v) is 44.5. The molecule has 2 aliphatic carbocycles. The number of nitro groups is 1. The normalized spacial score (nSPS) is 21.4. The molecule has 2 aromatic carbocycles. The molecule has 76 heavy (non-hydrogen) atoms. The molecule has 1 amide bonds. The van der Waals surface area contributed by atoms with Crippen LogP contribution in [0.25, 0.3) is 11.0 Å². The fraction of sp³-hybridized carbons (Fsp3) is 0.464. The van der Waals surface area contributed by atoms with E-state index in [0.717, 1.165) is 94.8 Å². The van der Waals surface area contributed by atoms with Gasteiger partial charge in [0.1, 0.15) is 22.1 Å². The molecule has 1 spiro atoms. The summed E-state index contributed by atoms with van der Waals surface area (Å²) in [7, 11) is -3.37. The number of nitrogens with zero attached hydrogens (tertiary/aromatic N) is 7. The van der Waals surface area contributed by atoms with Gasteiger partial charge >= 0.3 is 5.69 Å². The van der Waals surface area contributed by atoms with Gasteiger partial charge in [0.15, 0.2) is 5.75 Å². The summed E-state index contributed by atoms with van der Waals surface area (Å²) in [5.41, 5.74) is 4.71. The number of piperidine rings is 1. The van der Waals surface area contributed by atoms with E-state index < -0.39 is 42.9 Å². The molecule has 0 bridgehead atoms. The van der Waals surface area contributed by atoms with Crippen molar-refractivity contribution in [2.45, 2.75) is 114 Å². The molecule has 10 rings (SSSR count). The summed E-state index contributed by atoms with van der Waals surface area (Å²) < 4.78 is 56.6. The molecule has 6 heterocycles. The average molecular weight is 1060 g/mol. The molecule has 402 valence electrons. The Hall–Kier alpha value is -6.74. The van der Waals surface area contributed by atoms with E-state index in [1.165, 1.54) is 35.9 Å². The van der Waals surface area contributed by atoms with Crippen molar-refractivity contribution in [2.24, 2.45) is 11.3 Å². The van der Waals surface area contributed by atoms with Crippen LogP contribution in [-0.4, -0.2) is 112 Å². The Morgan fingerprint density at radius 1 is 1.00 bits per heavy atom. The number of benzene rings is 2. The van der Waals surface area contributed by atoms with Gasteiger partial charge in [0.05, 0.1) is 34.8 Å². The predicted octanol–water partition coefficient (Wildman–Crippen LogP) is 9.41. The Morgan fingerprint density at radius 3 is 2.49 bits per heavy atom. The first-order chi connectivity index (χ1) is 36.4. The standard InChI is InChI=1S/C56H67FN10O8S/c1-35(2)42-8-6-7-9-43(42)48-34-64(33-38-14-19-58-36(3)24-38)22-23-66(48)40-28-56(29-40)17-20-65(21-18-56)39-10-11-44(49(25-39)75-50-27-45-46(57)32-61-51(45)62-54(50)74-5)53(68)63-76(72,73)41-26-47(67(70)71)52(60-31-41)59-30-37-12-15-55(4,69)16-13-37/h6-11,14,19,24-27,31-32,35,37,40,48,69H,12-13,15-18,20-23,28-30,33-34H2,1-5H3,(H,59,60)(H,61,62)(H,63,68)/t37?,48-,55?/m0/s1. The van der Waals surface area contributed by atoms with Gasteiger partial charge < -0.3 is 29.8 Å². The minimum atomic E-state index is -4.74. The highest BCUT2D eigenvalue weighted by molar-refractivity contribution is 7.90. The number of aliphatic hydroxyl groups is 1. The fourth-order valence-corrected chi connectivity index (χ4v) is 12.9. The minimum Gasteiger partial charge on any atom is -0.478 e. The molecule has 4 aromatic heterocycles. The van der Waals surface area contributed by atoms with Crippen molar-refractivity contribution in [1.82, 2.24) is 34.5 Å². The largest absolute Gasteiger partial charge is 0.478 e.